The maximum absolute atomic E-state index is 2.38. The molecule has 0 saturated heterocycles. The van der Waals surface area contributed by atoms with Crippen molar-refractivity contribution >= 4 is 51.2 Å². The van der Waals surface area contributed by atoms with Gasteiger partial charge in [0.25, 0.3) is 0 Å². The summed E-state index contributed by atoms with van der Waals surface area (Å²) in [5.41, 5.74) is 9.91. The molecule has 0 aliphatic carbocycles. The van der Waals surface area contributed by atoms with Crippen molar-refractivity contribution in [1.82, 2.24) is 0 Å². The maximum Gasteiger partial charge on any atom is 0.0703 e. The van der Waals surface area contributed by atoms with E-state index in [1.165, 1.54) is 0 Å². The Labute approximate surface area is 229 Å². The Kier molecular flexibility index (Phi) is 5.80. The zero-order valence-electron chi connectivity index (χ0n) is 21.4. The first-order valence-corrected chi connectivity index (χ1v) is 13.2. The van der Waals surface area contributed by atoms with Crippen molar-refractivity contribution in [3.63, 3.8) is 0 Å². The van der Waals surface area contributed by atoms with E-state index in [1.54, 1.807) is 0 Å². The van der Waals surface area contributed by atoms with Gasteiger partial charge < -0.3 is 14.7 Å². The minimum absolute atomic E-state index is 1.10. The number of anilines is 9. The molecule has 186 valence electrons. The molecule has 0 spiro atoms. The molecule has 0 atom stereocenters. The van der Waals surface area contributed by atoms with Gasteiger partial charge in [-0.3, -0.25) is 0 Å². The third-order valence-electron chi connectivity index (χ3n) is 7.13. The Bertz CT molecular complexity index is 1440. The highest BCUT2D eigenvalue weighted by Gasteiger charge is 2.30. The van der Waals surface area contributed by atoms with Crippen molar-refractivity contribution in [2.45, 2.75) is 0 Å². The number of nitrogens with zero attached hydrogens (tertiary/aromatic N) is 3. The first kappa shape index (κ1) is 22.9. The Morgan fingerprint density at radius 2 is 0.385 bits per heavy atom. The van der Waals surface area contributed by atoms with Gasteiger partial charge >= 0.3 is 0 Å². The smallest absolute Gasteiger partial charge is 0.0703 e. The fraction of sp³-hybridized carbons (Fsp3) is 0. The Morgan fingerprint density at radius 1 is 0.205 bits per heavy atom. The highest BCUT2D eigenvalue weighted by molar-refractivity contribution is 6.01. The van der Waals surface area contributed by atoms with E-state index in [-0.39, 0.29) is 0 Å². The molecule has 0 N–H and O–H groups in total. The van der Waals surface area contributed by atoms with Gasteiger partial charge in [0.2, 0.25) is 0 Å². The number of para-hydroxylation sites is 9. The van der Waals surface area contributed by atoms with Crippen LogP contribution in [0.3, 0.4) is 0 Å². The lowest BCUT2D eigenvalue weighted by Crippen LogP contribution is -2.16. The third-order valence-corrected chi connectivity index (χ3v) is 7.13. The summed E-state index contributed by atoms with van der Waals surface area (Å²) in [6.07, 6.45) is 0. The SMILES string of the molecule is c1ccc(N2c3ccccc3N(c3ccccc3)c3ccccc3N(c3ccccc3)c3ccccc32)cc1. The van der Waals surface area contributed by atoms with Gasteiger partial charge in [0, 0.05) is 17.1 Å². The van der Waals surface area contributed by atoms with Crippen molar-refractivity contribution in [3.8, 4) is 0 Å². The summed E-state index contributed by atoms with van der Waals surface area (Å²) in [4.78, 5) is 7.13. The van der Waals surface area contributed by atoms with Crippen LogP contribution >= 0.6 is 0 Å². The molecular weight excluding hydrogens is 474 g/mol. The van der Waals surface area contributed by atoms with Crippen LogP contribution in [-0.4, -0.2) is 0 Å². The molecule has 0 fully saturated rings. The zero-order valence-corrected chi connectivity index (χ0v) is 21.4. The largest absolute Gasteiger partial charge is 0.306 e. The summed E-state index contributed by atoms with van der Waals surface area (Å²) < 4.78 is 0. The minimum atomic E-state index is 1.10. The van der Waals surface area contributed by atoms with Crippen LogP contribution in [0.2, 0.25) is 0 Å². The molecule has 1 heterocycles. The quantitative estimate of drug-likeness (QED) is 0.238. The van der Waals surface area contributed by atoms with Crippen LogP contribution in [0.1, 0.15) is 0 Å². The number of hydrogen-bond donors (Lipinski definition) is 0. The van der Waals surface area contributed by atoms with Crippen LogP contribution in [-0.2, 0) is 0 Å². The Balaban J connectivity index is 1.64. The summed E-state index contributed by atoms with van der Waals surface area (Å²) in [6.45, 7) is 0. The van der Waals surface area contributed by atoms with E-state index in [4.69, 9.17) is 0 Å². The topological polar surface area (TPSA) is 9.72 Å². The molecule has 7 rings (SSSR count). The van der Waals surface area contributed by atoms with Crippen LogP contribution in [0, 0.1) is 0 Å². The van der Waals surface area contributed by atoms with Crippen molar-refractivity contribution < 1.29 is 0 Å². The van der Waals surface area contributed by atoms with Crippen LogP contribution in [0.25, 0.3) is 0 Å². The molecule has 3 nitrogen and oxygen atoms in total. The predicted molar refractivity (Wildman–Crippen MR) is 164 cm³/mol. The lowest BCUT2D eigenvalue weighted by Gasteiger charge is -2.32. The number of hydrogen-bond acceptors (Lipinski definition) is 3. The standard InChI is InChI=1S/C36H27N3/c1-4-16-28(17-5-1)37-31-22-10-12-24-33(31)38(29-18-6-2-7-19-29)35-26-14-15-27-36(35)39(30-20-8-3-9-21-30)34-25-13-11-23-32(34)37/h1-27H. The molecule has 0 radical (unpaired) electrons. The van der Waals surface area contributed by atoms with Crippen LogP contribution in [0.4, 0.5) is 51.2 Å². The molecule has 0 amide bonds. The van der Waals surface area contributed by atoms with Gasteiger partial charge in [0.05, 0.1) is 34.1 Å². The fourth-order valence-corrected chi connectivity index (χ4v) is 5.48. The first-order chi connectivity index (χ1) is 19.4. The van der Waals surface area contributed by atoms with E-state index in [0.29, 0.717) is 0 Å². The first-order valence-electron chi connectivity index (χ1n) is 13.2. The van der Waals surface area contributed by atoms with Crippen molar-refractivity contribution in [1.29, 1.82) is 0 Å². The average molecular weight is 502 g/mol. The second-order valence-electron chi connectivity index (χ2n) is 9.48. The normalized spacial score (nSPS) is 12.5. The third kappa shape index (κ3) is 4.01. The van der Waals surface area contributed by atoms with E-state index in [9.17, 15) is 0 Å². The molecule has 0 unspecified atom stereocenters. The predicted octanol–water partition coefficient (Wildman–Crippen LogP) is 10.4. The summed E-state index contributed by atoms with van der Waals surface area (Å²) >= 11 is 0. The summed E-state index contributed by atoms with van der Waals surface area (Å²) in [7, 11) is 0. The molecule has 0 aromatic heterocycles. The molecular formula is C36H27N3. The van der Waals surface area contributed by atoms with Crippen molar-refractivity contribution in [3.05, 3.63) is 164 Å². The van der Waals surface area contributed by atoms with Gasteiger partial charge in [-0.2, -0.15) is 0 Å². The Morgan fingerprint density at radius 3 is 0.590 bits per heavy atom. The molecule has 1 aliphatic heterocycles. The zero-order chi connectivity index (χ0) is 26.0. The summed E-state index contributed by atoms with van der Waals surface area (Å²) in [5, 5.41) is 0. The van der Waals surface area contributed by atoms with Crippen molar-refractivity contribution in [2.24, 2.45) is 0 Å². The molecule has 1 aliphatic rings. The highest BCUT2D eigenvalue weighted by atomic mass is 15.3. The second-order valence-corrected chi connectivity index (χ2v) is 9.48. The molecule has 6 aromatic rings. The minimum Gasteiger partial charge on any atom is -0.306 e. The lowest BCUT2D eigenvalue weighted by molar-refractivity contribution is 1.24. The molecule has 6 aromatic carbocycles. The van der Waals surface area contributed by atoms with Gasteiger partial charge in [-0.1, -0.05) is 91.0 Å². The van der Waals surface area contributed by atoms with Gasteiger partial charge in [0.15, 0.2) is 0 Å². The lowest BCUT2D eigenvalue weighted by atomic mass is 10.1. The van der Waals surface area contributed by atoms with Gasteiger partial charge in [-0.25, -0.2) is 0 Å². The average Bonchev–Trinajstić information content (AvgIpc) is 3.05. The van der Waals surface area contributed by atoms with Crippen LogP contribution in [0.5, 0.6) is 0 Å². The second kappa shape index (κ2) is 9.88. The van der Waals surface area contributed by atoms with Crippen LogP contribution in [0.15, 0.2) is 164 Å². The fourth-order valence-electron chi connectivity index (χ4n) is 5.48. The monoisotopic (exact) mass is 501 g/mol. The Hall–Kier alpha value is -5.28. The van der Waals surface area contributed by atoms with E-state index in [0.717, 1.165) is 51.2 Å². The molecule has 0 bridgehead atoms. The molecule has 39 heavy (non-hydrogen) atoms. The highest BCUT2D eigenvalue weighted by Crippen LogP contribution is 2.54. The number of fused-ring (bicyclic) bond motifs is 3. The van der Waals surface area contributed by atoms with E-state index in [1.807, 2.05) is 0 Å². The van der Waals surface area contributed by atoms with Gasteiger partial charge in [-0.05, 0) is 72.8 Å². The van der Waals surface area contributed by atoms with E-state index < -0.39 is 0 Å². The van der Waals surface area contributed by atoms with Gasteiger partial charge in [0.1, 0.15) is 0 Å². The molecule has 0 saturated carbocycles. The maximum atomic E-state index is 2.38. The van der Waals surface area contributed by atoms with Crippen molar-refractivity contribution in [2.75, 3.05) is 14.7 Å². The van der Waals surface area contributed by atoms with E-state index >= 15 is 0 Å². The number of benzene rings is 6. The molecule has 3 heteroatoms. The summed E-state index contributed by atoms with van der Waals surface area (Å²) in [5.74, 6) is 0. The van der Waals surface area contributed by atoms with Crippen LogP contribution < -0.4 is 14.7 Å². The van der Waals surface area contributed by atoms with Gasteiger partial charge in [-0.15, -0.1) is 0 Å². The van der Waals surface area contributed by atoms with E-state index in [2.05, 4.69) is 178 Å². The summed E-state index contributed by atoms with van der Waals surface area (Å²) in [6, 6.07) is 58.0. The number of rotatable bonds is 3.